The lowest BCUT2D eigenvalue weighted by molar-refractivity contribution is 0.415. The Morgan fingerprint density at radius 2 is 2.29 bits per heavy atom. The Morgan fingerprint density at radius 3 is 3.06 bits per heavy atom. The molecule has 0 saturated heterocycles. The zero-order valence-corrected chi connectivity index (χ0v) is 9.60. The molecule has 0 bridgehead atoms. The quantitative estimate of drug-likeness (QED) is 0.856. The molecule has 4 nitrogen and oxygen atoms in total. The molecule has 2 aromatic rings. The van der Waals surface area contributed by atoms with Crippen molar-refractivity contribution in [3.8, 4) is 5.75 Å². The molecule has 1 aliphatic rings. The lowest BCUT2D eigenvalue weighted by atomic mass is 10.2. The monoisotopic (exact) mass is 227 g/mol. The van der Waals surface area contributed by atoms with Crippen LogP contribution < -0.4 is 4.74 Å². The minimum Gasteiger partial charge on any atom is -0.497 e. The van der Waals surface area contributed by atoms with Crippen LogP contribution >= 0.6 is 0 Å². The van der Waals surface area contributed by atoms with E-state index in [4.69, 9.17) is 4.74 Å². The van der Waals surface area contributed by atoms with Gasteiger partial charge >= 0.3 is 0 Å². The molecule has 3 rings (SSSR count). The fourth-order valence-corrected chi connectivity index (χ4v) is 1.90. The Kier molecular flexibility index (Phi) is 2.40. The summed E-state index contributed by atoms with van der Waals surface area (Å²) >= 11 is 0. The summed E-state index contributed by atoms with van der Waals surface area (Å²) in [6.45, 7) is 0.839. The van der Waals surface area contributed by atoms with Crippen molar-refractivity contribution in [2.24, 2.45) is 4.99 Å². The molecule has 0 saturated carbocycles. The summed E-state index contributed by atoms with van der Waals surface area (Å²) < 4.78 is 5.19. The first-order valence-corrected chi connectivity index (χ1v) is 5.62. The van der Waals surface area contributed by atoms with E-state index < -0.39 is 0 Å². The number of allylic oxidation sites excluding steroid dienone is 1. The number of benzene rings is 1. The highest BCUT2D eigenvalue weighted by Crippen LogP contribution is 2.19. The number of ether oxygens (including phenoxy) is 1. The Labute approximate surface area is 99.0 Å². The highest BCUT2D eigenvalue weighted by atomic mass is 16.5. The minimum atomic E-state index is 0.823. The second-order valence-electron chi connectivity index (χ2n) is 3.93. The Bertz CT molecular complexity index is 610. The number of H-pyrrole nitrogens is 1. The number of hydrogen-bond acceptors (Lipinski definition) is 3. The van der Waals surface area contributed by atoms with Gasteiger partial charge in [-0.15, -0.1) is 0 Å². The van der Waals surface area contributed by atoms with Gasteiger partial charge < -0.3 is 9.72 Å². The SMILES string of the molecule is COc1ccc2nc(C3=NCCC=C3)[nH]c2c1. The van der Waals surface area contributed by atoms with E-state index in [1.54, 1.807) is 7.11 Å². The van der Waals surface area contributed by atoms with Crippen molar-refractivity contribution in [3.05, 3.63) is 36.2 Å². The van der Waals surface area contributed by atoms with Crippen LogP contribution in [0.2, 0.25) is 0 Å². The molecule has 0 unspecified atom stereocenters. The predicted octanol–water partition coefficient (Wildman–Crippen LogP) is 2.32. The fraction of sp³-hybridized carbons (Fsp3) is 0.231. The number of aromatic nitrogens is 2. The van der Waals surface area contributed by atoms with Gasteiger partial charge in [0.1, 0.15) is 5.75 Å². The number of nitrogens with one attached hydrogen (secondary N) is 1. The number of imidazole rings is 1. The van der Waals surface area contributed by atoms with E-state index >= 15 is 0 Å². The van der Waals surface area contributed by atoms with Crippen LogP contribution in [0, 0.1) is 0 Å². The summed E-state index contributed by atoms with van der Waals surface area (Å²) in [7, 11) is 1.66. The second kappa shape index (κ2) is 4.05. The lowest BCUT2D eigenvalue weighted by Gasteiger charge is -2.01. The van der Waals surface area contributed by atoms with Gasteiger partial charge in [0.2, 0.25) is 0 Å². The van der Waals surface area contributed by atoms with Crippen LogP contribution in [0.4, 0.5) is 0 Å². The van der Waals surface area contributed by atoms with E-state index in [0.717, 1.165) is 41.3 Å². The molecule has 1 aromatic carbocycles. The third kappa shape index (κ3) is 1.82. The number of aliphatic imine (C=N–C) groups is 1. The van der Waals surface area contributed by atoms with Crippen LogP contribution in [-0.4, -0.2) is 29.3 Å². The van der Waals surface area contributed by atoms with Crippen molar-refractivity contribution in [2.75, 3.05) is 13.7 Å². The standard InChI is InChI=1S/C13H13N3O/c1-17-9-5-6-10-12(8-9)16-13(15-10)11-4-2-3-7-14-11/h2,4-6,8H,3,7H2,1H3,(H,15,16). The Morgan fingerprint density at radius 1 is 1.35 bits per heavy atom. The van der Waals surface area contributed by atoms with Gasteiger partial charge in [0.05, 0.1) is 23.9 Å². The number of fused-ring (bicyclic) bond motifs is 1. The second-order valence-corrected chi connectivity index (χ2v) is 3.93. The number of hydrogen-bond donors (Lipinski definition) is 1. The van der Waals surface area contributed by atoms with Crippen molar-refractivity contribution < 1.29 is 4.74 Å². The van der Waals surface area contributed by atoms with Gasteiger partial charge in [-0.3, -0.25) is 4.99 Å². The van der Waals surface area contributed by atoms with Gasteiger partial charge in [-0.2, -0.15) is 0 Å². The summed E-state index contributed by atoms with van der Waals surface area (Å²) in [5, 5.41) is 0. The van der Waals surface area contributed by atoms with Crippen molar-refractivity contribution >= 4 is 16.7 Å². The summed E-state index contributed by atoms with van der Waals surface area (Å²) in [5.74, 6) is 1.65. The third-order valence-corrected chi connectivity index (χ3v) is 2.79. The van der Waals surface area contributed by atoms with Gasteiger partial charge in [-0.1, -0.05) is 6.08 Å². The van der Waals surface area contributed by atoms with Gasteiger partial charge in [0.15, 0.2) is 5.82 Å². The van der Waals surface area contributed by atoms with Crippen molar-refractivity contribution in [2.45, 2.75) is 6.42 Å². The van der Waals surface area contributed by atoms with Gasteiger partial charge in [0.25, 0.3) is 0 Å². The van der Waals surface area contributed by atoms with E-state index in [1.165, 1.54) is 0 Å². The first kappa shape index (κ1) is 10.1. The minimum absolute atomic E-state index is 0.823. The summed E-state index contributed by atoms with van der Waals surface area (Å²) in [6, 6.07) is 5.80. The first-order valence-electron chi connectivity index (χ1n) is 5.62. The van der Waals surface area contributed by atoms with Gasteiger partial charge in [-0.05, 0) is 24.6 Å². The van der Waals surface area contributed by atoms with E-state index in [1.807, 2.05) is 24.3 Å². The van der Waals surface area contributed by atoms with Gasteiger partial charge in [-0.25, -0.2) is 4.98 Å². The molecular formula is C13H13N3O. The zero-order valence-electron chi connectivity index (χ0n) is 9.60. The zero-order chi connectivity index (χ0) is 11.7. The van der Waals surface area contributed by atoms with Crippen LogP contribution in [0.25, 0.3) is 11.0 Å². The molecule has 0 atom stereocenters. The molecule has 1 aliphatic heterocycles. The summed E-state index contributed by atoms with van der Waals surface area (Å²) in [4.78, 5) is 12.2. The maximum Gasteiger partial charge on any atom is 0.156 e. The largest absolute Gasteiger partial charge is 0.497 e. The van der Waals surface area contributed by atoms with E-state index in [0.29, 0.717) is 0 Å². The van der Waals surface area contributed by atoms with Crippen LogP contribution in [0.15, 0.2) is 35.3 Å². The molecule has 1 aromatic heterocycles. The van der Waals surface area contributed by atoms with Crippen molar-refractivity contribution in [1.82, 2.24) is 9.97 Å². The van der Waals surface area contributed by atoms with Crippen LogP contribution in [0.3, 0.4) is 0 Å². The average molecular weight is 227 g/mol. The molecule has 0 amide bonds. The molecule has 0 spiro atoms. The van der Waals surface area contributed by atoms with Gasteiger partial charge in [0, 0.05) is 12.6 Å². The number of dihydropyridines is 1. The molecule has 1 N–H and O–H groups in total. The van der Waals surface area contributed by atoms with Crippen molar-refractivity contribution in [3.63, 3.8) is 0 Å². The Hall–Kier alpha value is -2.10. The molecule has 86 valence electrons. The lowest BCUT2D eigenvalue weighted by Crippen LogP contribution is -2.04. The van der Waals surface area contributed by atoms with Crippen LogP contribution in [0.1, 0.15) is 12.2 Å². The normalized spacial score (nSPS) is 15.0. The molecular weight excluding hydrogens is 214 g/mol. The number of nitrogens with zero attached hydrogens (tertiary/aromatic N) is 2. The maximum absolute atomic E-state index is 5.19. The maximum atomic E-state index is 5.19. The number of aromatic amines is 1. The molecule has 0 radical (unpaired) electrons. The van der Waals surface area contributed by atoms with E-state index in [9.17, 15) is 0 Å². The predicted molar refractivity (Wildman–Crippen MR) is 67.8 cm³/mol. The summed E-state index contributed by atoms with van der Waals surface area (Å²) in [6.07, 6.45) is 5.14. The number of methoxy groups -OCH3 is 1. The highest BCUT2D eigenvalue weighted by molar-refractivity contribution is 6.08. The Balaban J connectivity index is 2.07. The van der Waals surface area contributed by atoms with E-state index in [-0.39, 0.29) is 0 Å². The molecule has 0 fully saturated rings. The van der Waals surface area contributed by atoms with E-state index in [2.05, 4.69) is 21.0 Å². The molecule has 2 heterocycles. The van der Waals surface area contributed by atoms with Crippen LogP contribution in [-0.2, 0) is 0 Å². The fourth-order valence-electron chi connectivity index (χ4n) is 1.90. The van der Waals surface area contributed by atoms with Crippen molar-refractivity contribution in [1.29, 1.82) is 0 Å². The highest BCUT2D eigenvalue weighted by Gasteiger charge is 2.09. The molecule has 0 aliphatic carbocycles. The number of rotatable bonds is 2. The summed E-state index contributed by atoms with van der Waals surface area (Å²) in [5.41, 5.74) is 2.83. The molecule has 17 heavy (non-hydrogen) atoms. The average Bonchev–Trinajstić information content (AvgIpc) is 2.82. The first-order chi connectivity index (χ1) is 8.36. The van der Waals surface area contributed by atoms with Crippen LogP contribution in [0.5, 0.6) is 5.75 Å². The smallest absolute Gasteiger partial charge is 0.156 e. The third-order valence-electron chi connectivity index (χ3n) is 2.79. The molecule has 4 heteroatoms. The topological polar surface area (TPSA) is 50.3 Å².